The van der Waals surface area contributed by atoms with Gasteiger partial charge in [-0.05, 0) is 31.8 Å². The van der Waals surface area contributed by atoms with Crippen LogP contribution in [0.2, 0.25) is 0 Å². The van der Waals surface area contributed by atoms with Crippen LogP contribution >= 0.6 is 0 Å². The molecule has 0 aliphatic heterocycles. The number of hydrogen-bond donors (Lipinski definition) is 2. The van der Waals surface area contributed by atoms with Crippen molar-refractivity contribution in [2.75, 3.05) is 31.2 Å². The second-order valence-electron chi connectivity index (χ2n) is 4.18. The van der Waals surface area contributed by atoms with Gasteiger partial charge in [0.1, 0.15) is 0 Å². The summed E-state index contributed by atoms with van der Waals surface area (Å²) in [4.78, 5) is 13.3. The van der Waals surface area contributed by atoms with Crippen molar-refractivity contribution in [3.63, 3.8) is 0 Å². The average Bonchev–Trinajstić information content (AvgIpc) is 2.30. The van der Waals surface area contributed by atoms with Gasteiger partial charge < -0.3 is 11.1 Å². The van der Waals surface area contributed by atoms with Crippen LogP contribution < -0.4 is 11.1 Å². The molecule has 7 heteroatoms. The van der Waals surface area contributed by atoms with Crippen LogP contribution in [0.5, 0.6) is 0 Å². The van der Waals surface area contributed by atoms with Crippen LogP contribution in [0.1, 0.15) is 12.5 Å². The number of nitrogen functional groups attached to an aromatic ring is 1. The van der Waals surface area contributed by atoms with E-state index >= 15 is 0 Å². The van der Waals surface area contributed by atoms with Crippen molar-refractivity contribution in [3.05, 3.63) is 23.8 Å². The molecular weight excluding hydrogens is 259 g/mol. The highest BCUT2D eigenvalue weighted by atomic mass is 19.4. The number of rotatable bonds is 4. The molecule has 0 unspecified atom stereocenters. The fraction of sp³-hybridized carbons (Fsp3) is 0.417. The van der Waals surface area contributed by atoms with Crippen molar-refractivity contribution in [1.29, 1.82) is 0 Å². The lowest BCUT2D eigenvalue weighted by Gasteiger charge is -2.15. The Hall–Kier alpha value is -1.76. The molecule has 0 saturated heterocycles. The number of anilines is 2. The number of hydrogen-bond acceptors (Lipinski definition) is 3. The van der Waals surface area contributed by atoms with Crippen LogP contribution in [-0.4, -0.2) is 30.9 Å². The summed E-state index contributed by atoms with van der Waals surface area (Å²) in [6, 6.07) is 2.84. The maximum atomic E-state index is 12.4. The maximum absolute atomic E-state index is 12.4. The van der Waals surface area contributed by atoms with E-state index in [0.717, 1.165) is 18.2 Å². The number of amides is 1. The minimum Gasteiger partial charge on any atom is -0.397 e. The predicted octanol–water partition coefficient (Wildman–Crippen LogP) is 2.18. The van der Waals surface area contributed by atoms with Gasteiger partial charge in [0.05, 0.1) is 23.5 Å². The maximum Gasteiger partial charge on any atom is 0.416 e. The lowest BCUT2D eigenvalue weighted by molar-refractivity contribution is -0.137. The summed E-state index contributed by atoms with van der Waals surface area (Å²) in [5, 5.41) is 2.48. The van der Waals surface area contributed by atoms with Crippen LogP contribution in [0.4, 0.5) is 24.5 Å². The molecule has 3 N–H and O–H groups in total. The minimum atomic E-state index is -4.45. The van der Waals surface area contributed by atoms with Crippen LogP contribution in [0.15, 0.2) is 18.2 Å². The first-order valence-corrected chi connectivity index (χ1v) is 5.69. The molecule has 106 valence electrons. The van der Waals surface area contributed by atoms with E-state index in [2.05, 4.69) is 5.32 Å². The third-order valence-electron chi connectivity index (χ3n) is 2.61. The standard InChI is InChI=1S/C12H16F3N3O/c1-3-18(2)7-11(19)17-10-5-4-8(6-9(10)16)12(13,14)15/h4-6H,3,7,16H2,1-2H3,(H,17,19). The topological polar surface area (TPSA) is 58.4 Å². The predicted molar refractivity (Wildman–Crippen MR) is 67.7 cm³/mol. The smallest absolute Gasteiger partial charge is 0.397 e. The summed E-state index contributed by atoms with van der Waals surface area (Å²) in [6.07, 6.45) is -4.45. The second-order valence-corrected chi connectivity index (χ2v) is 4.18. The zero-order valence-electron chi connectivity index (χ0n) is 10.7. The Labute approximate surface area is 109 Å². The molecule has 0 heterocycles. The van der Waals surface area contributed by atoms with E-state index in [-0.39, 0.29) is 23.8 Å². The van der Waals surface area contributed by atoms with Gasteiger partial charge in [0.15, 0.2) is 0 Å². The fourth-order valence-corrected chi connectivity index (χ4v) is 1.40. The molecule has 1 amide bonds. The molecule has 4 nitrogen and oxygen atoms in total. The minimum absolute atomic E-state index is 0.109. The molecular formula is C12H16F3N3O. The van der Waals surface area contributed by atoms with Gasteiger partial charge in [0, 0.05) is 0 Å². The molecule has 1 rings (SSSR count). The van der Waals surface area contributed by atoms with Gasteiger partial charge in [-0.2, -0.15) is 13.2 Å². The lowest BCUT2D eigenvalue weighted by Crippen LogP contribution is -2.30. The summed E-state index contributed by atoms with van der Waals surface area (Å²) in [6.45, 7) is 2.73. The van der Waals surface area contributed by atoms with Crippen LogP contribution in [0.3, 0.4) is 0 Å². The zero-order valence-corrected chi connectivity index (χ0v) is 10.7. The molecule has 1 aromatic rings. The number of carbonyl (C=O) groups excluding carboxylic acids is 1. The van der Waals surface area contributed by atoms with Gasteiger partial charge in [0.2, 0.25) is 5.91 Å². The number of nitrogens with zero attached hydrogens (tertiary/aromatic N) is 1. The number of alkyl halides is 3. The normalized spacial score (nSPS) is 11.7. The van der Waals surface area contributed by atoms with Gasteiger partial charge in [-0.15, -0.1) is 0 Å². The van der Waals surface area contributed by atoms with E-state index in [9.17, 15) is 18.0 Å². The summed E-state index contributed by atoms with van der Waals surface area (Å²) in [5.41, 5.74) is 4.74. The second kappa shape index (κ2) is 5.92. The van der Waals surface area contributed by atoms with Crippen LogP contribution in [0.25, 0.3) is 0 Å². The Morgan fingerprint density at radius 3 is 2.53 bits per heavy atom. The molecule has 1 aromatic carbocycles. The first-order chi connectivity index (χ1) is 8.74. The van der Waals surface area contributed by atoms with Gasteiger partial charge in [0.25, 0.3) is 0 Å². The van der Waals surface area contributed by atoms with Gasteiger partial charge >= 0.3 is 6.18 Å². The molecule has 0 radical (unpaired) electrons. The van der Waals surface area contributed by atoms with Gasteiger partial charge in [-0.1, -0.05) is 6.92 Å². The molecule has 0 bridgehead atoms. The van der Waals surface area contributed by atoms with Gasteiger partial charge in [-0.25, -0.2) is 0 Å². The van der Waals surface area contributed by atoms with E-state index in [0.29, 0.717) is 6.54 Å². The Bertz CT molecular complexity index is 460. The van der Waals surface area contributed by atoms with Crippen molar-refractivity contribution in [2.24, 2.45) is 0 Å². The number of benzene rings is 1. The van der Waals surface area contributed by atoms with Gasteiger partial charge in [-0.3, -0.25) is 9.69 Å². The van der Waals surface area contributed by atoms with Crippen molar-refractivity contribution in [1.82, 2.24) is 4.90 Å². The van der Waals surface area contributed by atoms with Crippen molar-refractivity contribution in [3.8, 4) is 0 Å². The number of nitrogens with two attached hydrogens (primary N) is 1. The summed E-state index contributed by atoms with van der Waals surface area (Å²) < 4.78 is 37.3. The summed E-state index contributed by atoms with van der Waals surface area (Å²) >= 11 is 0. The Kier molecular flexibility index (Phi) is 4.77. The van der Waals surface area contributed by atoms with E-state index in [4.69, 9.17) is 5.73 Å². The molecule has 0 saturated carbocycles. The largest absolute Gasteiger partial charge is 0.416 e. The fourth-order valence-electron chi connectivity index (χ4n) is 1.40. The highest BCUT2D eigenvalue weighted by Gasteiger charge is 2.30. The molecule has 0 aliphatic rings. The van der Waals surface area contributed by atoms with Crippen molar-refractivity contribution < 1.29 is 18.0 Å². The molecule has 0 spiro atoms. The zero-order chi connectivity index (χ0) is 14.6. The van der Waals surface area contributed by atoms with E-state index in [1.54, 1.807) is 11.9 Å². The van der Waals surface area contributed by atoms with E-state index in [1.165, 1.54) is 0 Å². The monoisotopic (exact) mass is 275 g/mol. The number of likely N-dealkylation sites (N-methyl/N-ethyl adjacent to an activating group) is 1. The highest BCUT2D eigenvalue weighted by Crippen LogP contribution is 2.32. The third-order valence-corrected chi connectivity index (χ3v) is 2.61. The van der Waals surface area contributed by atoms with Crippen LogP contribution in [-0.2, 0) is 11.0 Å². The number of halogens is 3. The molecule has 0 atom stereocenters. The summed E-state index contributed by atoms with van der Waals surface area (Å²) in [7, 11) is 1.76. The number of nitrogens with one attached hydrogen (secondary N) is 1. The first kappa shape index (κ1) is 15.3. The van der Waals surface area contributed by atoms with Crippen molar-refractivity contribution in [2.45, 2.75) is 13.1 Å². The molecule has 19 heavy (non-hydrogen) atoms. The summed E-state index contributed by atoms with van der Waals surface area (Å²) in [5.74, 6) is -0.323. The average molecular weight is 275 g/mol. The molecule has 0 aliphatic carbocycles. The first-order valence-electron chi connectivity index (χ1n) is 5.69. The third kappa shape index (κ3) is 4.44. The lowest BCUT2D eigenvalue weighted by atomic mass is 10.1. The molecule has 0 fully saturated rings. The van der Waals surface area contributed by atoms with Crippen LogP contribution in [0, 0.1) is 0 Å². The Morgan fingerprint density at radius 2 is 2.05 bits per heavy atom. The van der Waals surface area contributed by atoms with Crippen molar-refractivity contribution >= 4 is 17.3 Å². The SMILES string of the molecule is CCN(C)CC(=O)Nc1ccc(C(F)(F)F)cc1N. The number of carbonyl (C=O) groups is 1. The Morgan fingerprint density at radius 1 is 1.42 bits per heavy atom. The van der Waals surface area contributed by atoms with E-state index < -0.39 is 11.7 Å². The molecule has 0 aromatic heterocycles. The van der Waals surface area contributed by atoms with E-state index in [1.807, 2.05) is 6.92 Å². The Balaban J connectivity index is 2.78. The highest BCUT2D eigenvalue weighted by molar-refractivity contribution is 5.95. The quantitative estimate of drug-likeness (QED) is 0.828.